The number of amides is 1. The van der Waals surface area contributed by atoms with E-state index in [4.69, 9.17) is 12.7 Å². The van der Waals surface area contributed by atoms with Crippen molar-refractivity contribution in [2.24, 2.45) is 4.99 Å². The van der Waals surface area contributed by atoms with Crippen LogP contribution in [0.15, 0.2) is 84.0 Å². The summed E-state index contributed by atoms with van der Waals surface area (Å²) in [5.74, 6) is 1.15. The van der Waals surface area contributed by atoms with Gasteiger partial charge in [-0.25, -0.2) is 14.8 Å². The predicted octanol–water partition coefficient (Wildman–Crippen LogP) is 8.28. The van der Waals surface area contributed by atoms with Crippen LogP contribution in [0.2, 0.25) is 0 Å². The quantitative estimate of drug-likeness (QED) is 0.0984. The van der Waals surface area contributed by atoms with E-state index in [1.165, 1.54) is 24.0 Å². The van der Waals surface area contributed by atoms with Crippen molar-refractivity contribution in [3.8, 4) is 0 Å². The van der Waals surface area contributed by atoms with Gasteiger partial charge in [0.2, 0.25) is 7.98 Å². The number of aliphatic imine (C=N–C) groups is 1. The van der Waals surface area contributed by atoms with E-state index in [2.05, 4.69) is 96.6 Å². The van der Waals surface area contributed by atoms with Gasteiger partial charge in [0, 0.05) is 38.5 Å². The molecule has 0 saturated heterocycles. The maximum absolute atomic E-state index is 12.0. The molecule has 0 aliphatic heterocycles. The van der Waals surface area contributed by atoms with Crippen molar-refractivity contribution in [1.82, 2.24) is 14.8 Å². The summed E-state index contributed by atoms with van der Waals surface area (Å²) in [6.45, 7) is 10.1. The molecule has 0 N–H and O–H groups in total. The van der Waals surface area contributed by atoms with Gasteiger partial charge in [-0.3, -0.25) is 0 Å². The predicted molar refractivity (Wildman–Crippen MR) is 191 cm³/mol. The van der Waals surface area contributed by atoms with Crippen molar-refractivity contribution in [2.45, 2.75) is 77.7 Å². The average Bonchev–Trinajstić information content (AvgIpc) is 3.01. The zero-order valence-electron chi connectivity index (χ0n) is 28.7. The Morgan fingerprint density at radius 1 is 0.867 bits per heavy atom. The molecule has 242 valence electrons. The Morgan fingerprint density at radius 2 is 1.49 bits per heavy atom. The molecule has 7 nitrogen and oxygen atoms in total. The minimum atomic E-state index is -0.500. The van der Waals surface area contributed by atoms with Crippen molar-refractivity contribution in [3.05, 3.63) is 90.1 Å². The number of hydrogen-bond acceptors (Lipinski definition) is 6. The summed E-state index contributed by atoms with van der Waals surface area (Å²) in [5.41, 5.74) is 3.10. The first kappa shape index (κ1) is 37.5. The van der Waals surface area contributed by atoms with E-state index in [0.29, 0.717) is 31.2 Å². The van der Waals surface area contributed by atoms with E-state index < -0.39 is 5.60 Å². The normalized spacial score (nSPS) is 11.4. The number of ether oxygens (including phenoxy) is 1. The first-order valence-electron chi connectivity index (χ1n) is 16.2. The molecule has 0 unspecified atom stereocenters. The van der Waals surface area contributed by atoms with Crippen molar-refractivity contribution in [1.29, 1.82) is 0 Å². The van der Waals surface area contributed by atoms with Gasteiger partial charge >= 0.3 is 6.09 Å². The van der Waals surface area contributed by atoms with Crippen LogP contribution in [0, 0.1) is 0 Å². The average molecular weight is 612 g/mol. The number of rotatable bonds is 15. The summed E-state index contributed by atoms with van der Waals surface area (Å²) >= 11 is 0. The van der Waals surface area contributed by atoms with Gasteiger partial charge in [0.25, 0.3) is 0 Å². The van der Waals surface area contributed by atoms with E-state index in [1.54, 1.807) is 23.0 Å². The number of benzene rings is 2. The van der Waals surface area contributed by atoms with Gasteiger partial charge in [0.05, 0.1) is 5.69 Å². The Bertz CT molecular complexity index is 1210. The lowest BCUT2D eigenvalue weighted by atomic mass is 9.89. The number of carbonyl (C=O) groups excluding carboxylic acids is 1. The Labute approximate surface area is 274 Å². The summed E-state index contributed by atoms with van der Waals surface area (Å²) in [5, 5.41) is 0. The number of pyridine rings is 1. The van der Waals surface area contributed by atoms with Crippen LogP contribution in [0.5, 0.6) is 0 Å². The molecule has 1 amide bonds. The number of anilines is 1. The fraction of sp³-hybridized carbons (Fsp3) is 0.486. The lowest BCUT2D eigenvalue weighted by Crippen LogP contribution is -2.35. The monoisotopic (exact) mass is 611 g/mol. The highest BCUT2D eigenvalue weighted by Gasteiger charge is 2.19. The van der Waals surface area contributed by atoms with Crippen molar-refractivity contribution >= 4 is 31.8 Å². The zero-order valence-corrected chi connectivity index (χ0v) is 28.7. The maximum Gasteiger partial charge on any atom is 0.410 e. The van der Waals surface area contributed by atoms with Gasteiger partial charge in [0.1, 0.15) is 5.60 Å². The molecule has 0 aliphatic rings. The standard InChI is InChI=1S/C22H38BN5O2.C15H16/c1-22(2,3)30-21(29)27(6)17-12-18-28(23)19-13-11-15-25-20(19)24-14-9-7-8-10-16-26(4)5;1-2-15(13-9-5-3-6-10-13)14-11-7-4-8-12-14/h11,13-15H,7-10,12,16-18H2,1-6H3;3-12,15H,2H2,1H3. The van der Waals surface area contributed by atoms with Crippen LogP contribution in [0.25, 0.3) is 0 Å². The fourth-order valence-electron chi connectivity index (χ4n) is 4.77. The second-order valence-corrected chi connectivity index (χ2v) is 12.5. The molecule has 1 heterocycles. The summed E-state index contributed by atoms with van der Waals surface area (Å²) in [4.78, 5) is 26.3. The van der Waals surface area contributed by atoms with Crippen LogP contribution in [-0.4, -0.2) is 81.5 Å². The highest BCUT2D eigenvalue weighted by atomic mass is 16.6. The first-order valence-corrected chi connectivity index (χ1v) is 16.2. The minimum absolute atomic E-state index is 0.330. The van der Waals surface area contributed by atoms with E-state index in [0.717, 1.165) is 31.5 Å². The van der Waals surface area contributed by atoms with Crippen LogP contribution in [-0.2, 0) is 4.74 Å². The SMILES string of the molecule is CCC(c1ccccc1)c1ccccc1.[B]N(CCCN(C)C(=O)OC(C)(C)C)c1cccnc1N=CCCCCCN(C)C. The molecule has 1 aromatic heterocycles. The molecule has 0 bridgehead atoms. The lowest BCUT2D eigenvalue weighted by Gasteiger charge is -2.26. The third-order valence-corrected chi connectivity index (χ3v) is 7.14. The van der Waals surface area contributed by atoms with Crippen LogP contribution in [0.1, 0.15) is 83.3 Å². The second-order valence-electron chi connectivity index (χ2n) is 12.5. The van der Waals surface area contributed by atoms with Crippen LogP contribution >= 0.6 is 0 Å². The van der Waals surface area contributed by atoms with Gasteiger partial charge in [-0.1, -0.05) is 74.0 Å². The van der Waals surface area contributed by atoms with Crippen LogP contribution in [0.4, 0.5) is 16.3 Å². The molecule has 8 heteroatoms. The molecule has 0 aliphatic carbocycles. The van der Waals surface area contributed by atoms with E-state index in [9.17, 15) is 4.79 Å². The van der Waals surface area contributed by atoms with E-state index in [-0.39, 0.29) is 6.09 Å². The van der Waals surface area contributed by atoms with Gasteiger partial charge in [-0.15, -0.1) is 0 Å². The van der Waals surface area contributed by atoms with Gasteiger partial charge in [-0.2, -0.15) is 0 Å². The Kier molecular flexibility index (Phi) is 17.0. The summed E-state index contributed by atoms with van der Waals surface area (Å²) < 4.78 is 5.36. The highest BCUT2D eigenvalue weighted by Crippen LogP contribution is 2.27. The second kappa shape index (κ2) is 20.4. The third-order valence-electron chi connectivity index (χ3n) is 7.14. The fourth-order valence-corrected chi connectivity index (χ4v) is 4.77. The van der Waals surface area contributed by atoms with Crippen LogP contribution in [0.3, 0.4) is 0 Å². The number of nitrogens with zero attached hydrogens (tertiary/aromatic N) is 5. The van der Waals surface area contributed by atoms with Gasteiger partial charge < -0.3 is 19.3 Å². The molecule has 3 aromatic rings. The summed E-state index contributed by atoms with van der Waals surface area (Å²) in [6.07, 6.45) is 9.59. The van der Waals surface area contributed by atoms with E-state index in [1.807, 2.05) is 39.1 Å². The zero-order chi connectivity index (χ0) is 33.1. The summed E-state index contributed by atoms with van der Waals surface area (Å²) in [6, 6.07) is 25.2. The largest absolute Gasteiger partial charge is 0.444 e. The molecular formula is C37H54BN5O2. The Hall–Kier alpha value is -3.65. The van der Waals surface area contributed by atoms with Crippen molar-refractivity contribution in [2.75, 3.05) is 45.6 Å². The number of aromatic nitrogens is 1. The molecule has 0 spiro atoms. The Balaban J connectivity index is 0.000000388. The van der Waals surface area contributed by atoms with Crippen molar-refractivity contribution < 1.29 is 9.53 Å². The first-order chi connectivity index (χ1) is 21.5. The molecule has 2 radical (unpaired) electrons. The van der Waals surface area contributed by atoms with Crippen molar-refractivity contribution in [3.63, 3.8) is 0 Å². The van der Waals surface area contributed by atoms with Crippen LogP contribution < -0.4 is 4.81 Å². The smallest absolute Gasteiger partial charge is 0.410 e. The van der Waals surface area contributed by atoms with Gasteiger partial charge in [0.15, 0.2) is 5.82 Å². The molecule has 0 atom stereocenters. The minimum Gasteiger partial charge on any atom is -0.444 e. The number of hydrogen-bond donors (Lipinski definition) is 0. The Morgan fingerprint density at radius 3 is 2.04 bits per heavy atom. The number of unbranched alkanes of at least 4 members (excludes halogenated alkanes) is 3. The third kappa shape index (κ3) is 15.3. The summed E-state index contributed by atoms with van der Waals surface area (Å²) in [7, 11) is 12.2. The molecule has 0 fully saturated rings. The highest BCUT2D eigenvalue weighted by molar-refractivity contribution is 6.18. The molecular weight excluding hydrogens is 557 g/mol. The maximum atomic E-state index is 12.0. The lowest BCUT2D eigenvalue weighted by molar-refractivity contribution is 0.0298. The number of carbonyl (C=O) groups is 1. The molecule has 45 heavy (non-hydrogen) atoms. The molecule has 3 rings (SSSR count). The topological polar surface area (TPSA) is 61.3 Å². The molecule has 2 aromatic carbocycles. The van der Waals surface area contributed by atoms with Gasteiger partial charge in [-0.05, 0) is 96.8 Å². The van der Waals surface area contributed by atoms with E-state index >= 15 is 0 Å². The molecule has 0 saturated carbocycles.